The lowest BCUT2D eigenvalue weighted by Crippen LogP contribution is -2.25. The number of carboxylic acids is 1. The number of carbonyl (C=O) groups is 2. The maximum Gasteiger partial charge on any atom is 0.309 e. The molecule has 2 unspecified atom stereocenters. The van der Waals surface area contributed by atoms with Crippen molar-refractivity contribution < 1.29 is 19.4 Å². The standard InChI is InChI=1S/C14H17NO4/c1-7-4-8(2)13(19-3)9(5-7)12-10(14(17)18)6-11(16)15-12/h4-5,10,12H,6H2,1-3H3,(H,15,16)(H,17,18). The zero-order valence-corrected chi connectivity index (χ0v) is 11.2. The maximum absolute atomic E-state index is 11.5. The van der Waals surface area contributed by atoms with Crippen LogP contribution in [0, 0.1) is 19.8 Å². The van der Waals surface area contributed by atoms with Crippen LogP contribution in [-0.4, -0.2) is 24.1 Å². The predicted molar refractivity (Wildman–Crippen MR) is 69.1 cm³/mol. The van der Waals surface area contributed by atoms with Gasteiger partial charge in [-0.1, -0.05) is 17.7 Å². The van der Waals surface area contributed by atoms with Crippen LogP contribution in [0.25, 0.3) is 0 Å². The Balaban J connectivity index is 2.51. The summed E-state index contributed by atoms with van der Waals surface area (Å²) in [5.74, 6) is -1.31. The second kappa shape index (κ2) is 4.91. The van der Waals surface area contributed by atoms with Gasteiger partial charge in [-0.05, 0) is 19.4 Å². The highest BCUT2D eigenvalue weighted by atomic mass is 16.5. The van der Waals surface area contributed by atoms with Crippen molar-refractivity contribution in [1.82, 2.24) is 5.32 Å². The molecule has 0 aromatic heterocycles. The van der Waals surface area contributed by atoms with Gasteiger partial charge in [0, 0.05) is 12.0 Å². The Morgan fingerprint density at radius 1 is 1.42 bits per heavy atom. The lowest BCUT2D eigenvalue weighted by atomic mass is 9.91. The van der Waals surface area contributed by atoms with Gasteiger partial charge in [-0.15, -0.1) is 0 Å². The fourth-order valence-electron chi connectivity index (χ4n) is 2.67. The number of rotatable bonds is 3. The minimum atomic E-state index is -0.968. The molecule has 2 atom stereocenters. The second-order valence-electron chi connectivity index (χ2n) is 4.90. The minimum Gasteiger partial charge on any atom is -0.496 e. The van der Waals surface area contributed by atoms with E-state index in [0.717, 1.165) is 16.7 Å². The molecule has 5 heteroatoms. The van der Waals surface area contributed by atoms with Crippen LogP contribution in [0.2, 0.25) is 0 Å². The van der Waals surface area contributed by atoms with Crippen molar-refractivity contribution in [3.05, 3.63) is 28.8 Å². The third-order valence-electron chi connectivity index (χ3n) is 3.43. The number of hydrogen-bond donors (Lipinski definition) is 2. The number of carboxylic acid groups (broad SMARTS) is 1. The van der Waals surface area contributed by atoms with E-state index in [-0.39, 0.29) is 12.3 Å². The summed E-state index contributed by atoms with van der Waals surface area (Å²) in [4.78, 5) is 22.8. The summed E-state index contributed by atoms with van der Waals surface area (Å²) in [5.41, 5.74) is 2.68. The summed E-state index contributed by atoms with van der Waals surface area (Å²) >= 11 is 0. The summed E-state index contributed by atoms with van der Waals surface area (Å²) in [7, 11) is 1.55. The van der Waals surface area contributed by atoms with Gasteiger partial charge in [-0.3, -0.25) is 9.59 Å². The molecular weight excluding hydrogens is 246 g/mol. The molecule has 0 bridgehead atoms. The zero-order valence-electron chi connectivity index (χ0n) is 11.2. The van der Waals surface area contributed by atoms with Crippen molar-refractivity contribution in [1.29, 1.82) is 0 Å². The number of amides is 1. The van der Waals surface area contributed by atoms with Gasteiger partial charge in [0.05, 0.1) is 19.1 Å². The van der Waals surface area contributed by atoms with Crippen LogP contribution in [0.1, 0.15) is 29.2 Å². The van der Waals surface area contributed by atoms with Crippen molar-refractivity contribution in [3.63, 3.8) is 0 Å². The molecule has 1 fully saturated rings. The molecule has 1 saturated heterocycles. The van der Waals surface area contributed by atoms with E-state index in [4.69, 9.17) is 4.74 Å². The number of aryl methyl sites for hydroxylation is 2. The Kier molecular flexibility index (Phi) is 3.46. The highest BCUT2D eigenvalue weighted by Crippen LogP contribution is 2.38. The van der Waals surface area contributed by atoms with E-state index in [2.05, 4.69) is 5.32 Å². The molecule has 2 rings (SSSR count). The first-order chi connectivity index (χ1) is 8.93. The molecule has 1 aromatic carbocycles. The number of aliphatic carboxylic acids is 1. The molecule has 102 valence electrons. The van der Waals surface area contributed by atoms with Gasteiger partial charge in [0.2, 0.25) is 5.91 Å². The third-order valence-corrected chi connectivity index (χ3v) is 3.43. The number of carbonyl (C=O) groups excluding carboxylic acids is 1. The van der Waals surface area contributed by atoms with Gasteiger partial charge in [-0.2, -0.15) is 0 Å². The van der Waals surface area contributed by atoms with E-state index >= 15 is 0 Å². The molecule has 0 aliphatic carbocycles. The molecule has 0 saturated carbocycles. The number of benzene rings is 1. The second-order valence-corrected chi connectivity index (χ2v) is 4.90. The van der Waals surface area contributed by atoms with Crippen LogP contribution in [-0.2, 0) is 9.59 Å². The quantitative estimate of drug-likeness (QED) is 0.868. The van der Waals surface area contributed by atoms with E-state index in [0.29, 0.717) is 5.75 Å². The molecule has 1 aromatic rings. The molecule has 1 aliphatic rings. The number of nitrogens with one attached hydrogen (secondary N) is 1. The molecule has 1 aliphatic heterocycles. The van der Waals surface area contributed by atoms with Crippen molar-refractivity contribution in [2.45, 2.75) is 26.3 Å². The molecular formula is C14H17NO4. The molecule has 1 amide bonds. The van der Waals surface area contributed by atoms with E-state index < -0.39 is 17.9 Å². The lowest BCUT2D eigenvalue weighted by Gasteiger charge is -2.21. The van der Waals surface area contributed by atoms with E-state index in [9.17, 15) is 14.7 Å². The van der Waals surface area contributed by atoms with Gasteiger partial charge in [0.15, 0.2) is 0 Å². The molecule has 1 heterocycles. The normalized spacial score (nSPS) is 22.2. The molecule has 19 heavy (non-hydrogen) atoms. The van der Waals surface area contributed by atoms with Gasteiger partial charge < -0.3 is 15.2 Å². The summed E-state index contributed by atoms with van der Waals surface area (Å²) in [5, 5.41) is 12.0. The van der Waals surface area contributed by atoms with Crippen LogP contribution in [0.15, 0.2) is 12.1 Å². The highest BCUT2D eigenvalue weighted by molar-refractivity contribution is 5.87. The molecule has 0 spiro atoms. The first-order valence-corrected chi connectivity index (χ1v) is 6.11. The van der Waals surface area contributed by atoms with Gasteiger partial charge in [0.1, 0.15) is 5.75 Å². The lowest BCUT2D eigenvalue weighted by molar-refractivity contribution is -0.142. The van der Waals surface area contributed by atoms with Gasteiger partial charge >= 0.3 is 5.97 Å². The Bertz CT molecular complexity index is 538. The van der Waals surface area contributed by atoms with E-state index in [1.807, 2.05) is 26.0 Å². The Morgan fingerprint density at radius 3 is 2.68 bits per heavy atom. The van der Waals surface area contributed by atoms with Crippen LogP contribution >= 0.6 is 0 Å². The van der Waals surface area contributed by atoms with Crippen molar-refractivity contribution in [3.8, 4) is 5.75 Å². The topological polar surface area (TPSA) is 75.6 Å². The third kappa shape index (κ3) is 2.41. The monoisotopic (exact) mass is 263 g/mol. The summed E-state index contributed by atoms with van der Waals surface area (Å²) in [6, 6.07) is 3.31. The molecule has 5 nitrogen and oxygen atoms in total. The zero-order chi connectivity index (χ0) is 14.2. The predicted octanol–water partition coefficient (Wildman–Crippen LogP) is 1.57. The Hall–Kier alpha value is -2.04. The summed E-state index contributed by atoms with van der Waals surface area (Å²) in [6.45, 7) is 3.84. The van der Waals surface area contributed by atoms with Crippen LogP contribution in [0.5, 0.6) is 5.75 Å². The first-order valence-electron chi connectivity index (χ1n) is 6.11. The molecule has 0 radical (unpaired) electrons. The van der Waals surface area contributed by atoms with Crippen molar-refractivity contribution in [2.75, 3.05) is 7.11 Å². The maximum atomic E-state index is 11.5. The number of ether oxygens (including phenoxy) is 1. The minimum absolute atomic E-state index is 0.0101. The van der Waals surface area contributed by atoms with E-state index in [1.54, 1.807) is 7.11 Å². The first kappa shape index (κ1) is 13.4. The molecule has 2 N–H and O–H groups in total. The number of hydrogen-bond acceptors (Lipinski definition) is 3. The Morgan fingerprint density at radius 2 is 2.11 bits per heavy atom. The van der Waals surface area contributed by atoms with Crippen LogP contribution in [0.3, 0.4) is 0 Å². The summed E-state index contributed by atoms with van der Waals surface area (Å²) in [6.07, 6.45) is 0.0101. The van der Waals surface area contributed by atoms with Crippen LogP contribution in [0.4, 0.5) is 0 Å². The largest absolute Gasteiger partial charge is 0.496 e. The fourth-order valence-corrected chi connectivity index (χ4v) is 2.67. The van der Waals surface area contributed by atoms with E-state index in [1.165, 1.54) is 0 Å². The van der Waals surface area contributed by atoms with Gasteiger partial charge in [-0.25, -0.2) is 0 Å². The van der Waals surface area contributed by atoms with Gasteiger partial charge in [0.25, 0.3) is 0 Å². The fraction of sp³-hybridized carbons (Fsp3) is 0.429. The summed E-state index contributed by atoms with van der Waals surface area (Å²) < 4.78 is 5.36. The Labute approximate surface area is 111 Å². The highest BCUT2D eigenvalue weighted by Gasteiger charge is 2.40. The average Bonchev–Trinajstić information content (AvgIpc) is 2.70. The number of methoxy groups -OCH3 is 1. The smallest absolute Gasteiger partial charge is 0.309 e. The van der Waals surface area contributed by atoms with Crippen LogP contribution < -0.4 is 10.1 Å². The average molecular weight is 263 g/mol. The van der Waals surface area contributed by atoms with Crippen molar-refractivity contribution in [2.24, 2.45) is 5.92 Å². The SMILES string of the molecule is COc1c(C)cc(C)cc1C1NC(=O)CC1C(=O)O. The van der Waals surface area contributed by atoms with Crippen molar-refractivity contribution >= 4 is 11.9 Å².